The number of phenols is 1. The van der Waals surface area contributed by atoms with Crippen molar-refractivity contribution < 1.29 is 24.1 Å². The van der Waals surface area contributed by atoms with E-state index in [0.717, 1.165) is 6.07 Å². The van der Waals surface area contributed by atoms with Gasteiger partial charge in [-0.25, -0.2) is 4.39 Å². The first-order chi connectivity index (χ1) is 7.79. The molecule has 0 spiro atoms. The number of aromatic hydroxyl groups is 1. The molecule has 1 aromatic rings. The van der Waals surface area contributed by atoms with Crippen molar-refractivity contribution in [3.63, 3.8) is 0 Å². The third kappa shape index (κ3) is 2.67. The van der Waals surface area contributed by atoms with Crippen molar-refractivity contribution in [2.45, 2.75) is 20.3 Å². The summed E-state index contributed by atoms with van der Waals surface area (Å²) in [6, 6.07) is 2.50. The molecular weight excluding hydrogens is 227 g/mol. The Balaban J connectivity index is 3.16. The first kappa shape index (κ1) is 13.3. The van der Waals surface area contributed by atoms with E-state index in [1.165, 1.54) is 13.2 Å². The highest BCUT2D eigenvalue weighted by Gasteiger charge is 2.29. The number of halogens is 1. The normalized spacial score (nSPS) is 11.3. The van der Waals surface area contributed by atoms with Crippen molar-refractivity contribution in [3.05, 3.63) is 23.5 Å². The summed E-state index contributed by atoms with van der Waals surface area (Å²) in [5.74, 6) is -2.37. The van der Waals surface area contributed by atoms with Crippen LogP contribution < -0.4 is 4.74 Å². The van der Waals surface area contributed by atoms with Gasteiger partial charge in [0.15, 0.2) is 17.3 Å². The summed E-state index contributed by atoms with van der Waals surface area (Å²) in [4.78, 5) is 11.0. The van der Waals surface area contributed by atoms with Crippen molar-refractivity contribution in [1.29, 1.82) is 0 Å². The number of aliphatic carboxylic acids is 1. The molecule has 0 aliphatic rings. The largest absolute Gasteiger partial charge is 0.502 e. The van der Waals surface area contributed by atoms with Gasteiger partial charge in [-0.15, -0.1) is 0 Å². The van der Waals surface area contributed by atoms with Crippen LogP contribution in [0.2, 0.25) is 0 Å². The summed E-state index contributed by atoms with van der Waals surface area (Å²) < 4.78 is 18.0. The van der Waals surface area contributed by atoms with Gasteiger partial charge in [0.2, 0.25) is 0 Å². The van der Waals surface area contributed by atoms with Gasteiger partial charge in [0, 0.05) is 0 Å². The molecule has 0 heterocycles. The van der Waals surface area contributed by atoms with Crippen LogP contribution in [0.4, 0.5) is 4.39 Å². The molecule has 1 rings (SSSR count). The van der Waals surface area contributed by atoms with Crippen molar-refractivity contribution in [2.75, 3.05) is 7.11 Å². The predicted octanol–water partition coefficient (Wildman–Crippen LogP) is 2.19. The molecule has 0 radical (unpaired) electrons. The summed E-state index contributed by atoms with van der Waals surface area (Å²) in [7, 11) is 1.30. The topological polar surface area (TPSA) is 66.8 Å². The smallest absolute Gasteiger partial charge is 0.309 e. The van der Waals surface area contributed by atoms with Crippen LogP contribution in [0, 0.1) is 11.2 Å². The summed E-state index contributed by atoms with van der Waals surface area (Å²) in [6.07, 6.45) is 0.138. The second-order valence-corrected chi connectivity index (χ2v) is 4.45. The van der Waals surface area contributed by atoms with E-state index in [4.69, 9.17) is 9.84 Å². The molecular formula is C12H15FO4. The fourth-order valence-corrected chi connectivity index (χ4v) is 1.51. The molecule has 0 aliphatic carbocycles. The summed E-state index contributed by atoms with van der Waals surface area (Å²) >= 11 is 0. The first-order valence-corrected chi connectivity index (χ1v) is 5.07. The van der Waals surface area contributed by atoms with Crippen LogP contribution >= 0.6 is 0 Å². The average Bonchev–Trinajstić information content (AvgIpc) is 2.23. The van der Waals surface area contributed by atoms with Gasteiger partial charge in [-0.05, 0) is 31.9 Å². The molecule has 0 unspecified atom stereocenters. The van der Waals surface area contributed by atoms with E-state index >= 15 is 0 Å². The minimum absolute atomic E-state index is 0.0145. The Morgan fingerprint density at radius 3 is 2.53 bits per heavy atom. The molecule has 1 aromatic carbocycles. The number of carboxylic acid groups (broad SMARTS) is 1. The molecule has 2 N–H and O–H groups in total. The minimum Gasteiger partial charge on any atom is -0.502 e. The Bertz CT molecular complexity index is 440. The highest BCUT2D eigenvalue weighted by molar-refractivity contribution is 5.74. The van der Waals surface area contributed by atoms with Crippen LogP contribution in [-0.2, 0) is 11.2 Å². The zero-order valence-corrected chi connectivity index (χ0v) is 9.95. The van der Waals surface area contributed by atoms with Gasteiger partial charge < -0.3 is 14.9 Å². The van der Waals surface area contributed by atoms with Gasteiger partial charge in [-0.3, -0.25) is 4.79 Å². The quantitative estimate of drug-likeness (QED) is 0.849. The number of phenolic OH excluding ortho intramolecular Hbond substituents is 1. The molecule has 0 saturated heterocycles. The predicted molar refractivity (Wildman–Crippen MR) is 59.7 cm³/mol. The SMILES string of the molecule is COc1c(CC(C)(C)C(=O)O)ccc(F)c1O. The van der Waals surface area contributed by atoms with Gasteiger partial charge >= 0.3 is 5.97 Å². The van der Waals surface area contributed by atoms with Crippen LogP contribution in [0.1, 0.15) is 19.4 Å². The molecule has 0 bridgehead atoms. The second kappa shape index (κ2) is 4.61. The average molecular weight is 242 g/mol. The van der Waals surface area contributed by atoms with Gasteiger partial charge in [0.25, 0.3) is 0 Å². The maximum absolute atomic E-state index is 13.1. The zero-order valence-electron chi connectivity index (χ0n) is 9.95. The standard InChI is InChI=1S/C12H15FO4/c1-12(2,11(15)16)6-7-4-5-8(13)9(14)10(7)17-3/h4-5,14H,6H2,1-3H3,(H,15,16). The summed E-state index contributed by atoms with van der Waals surface area (Å²) in [5.41, 5.74) is -0.559. The van der Waals surface area contributed by atoms with E-state index in [9.17, 15) is 14.3 Å². The third-order valence-corrected chi connectivity index (χ3v) is 2.58. The van der Waals surface area contributed by atoms with Crippen LogP contribution in [0.5, 0.6) is 11.5 Å². The fourth-order valence-electron chi connectivity index (χ4n) is 1.51. The Hall–Kier alpha value is -1.78. The number of rotatable bonds is 4. The Labute approximate surface area is 98.7 Å². The van der Waals surface area contributed by atoms with Crippen LogP contribution in [-0.4, -0.2) is 23.3 Å². The molecule has 5 heteroatoms. The molecule has 0 aliphatic heterocycles. The second-order valence-electron chi connectivity index (χ2n) is 4.45. The van der Waals surface area contributed by atoms with E-state index in [1.54, 1.807) is 13.8 Å². The summed E-state index contributed by atoms with van der Waals surface area (Å²) in [5, 5.41) is 18.5. The minimum atomic E-state index is -1.02. The molecule has 0 aromatic heterocycles. The van der Waals surface area contributed by atoms with E-state index in [1.807, 2.05) is 0 Å². The lowest BCUT2D eigenvalue weighted by atomic mass is 9.85. The monoisotopic (exact) mass is 242 g/mol. The Kier molecular flexibility index (Phi) is 3.60. The Morgan fingerprint density at radius 1 is 1.47 bits per heavy atom. The molecule has 0 amide bonds. The van der Waals surface area contributed by atoms with Gasteiger partial charge in [0.05, 0.1) is 12.5 Å². The van der Waals surface area contributed by atoms with E-state index < -0.39 is 23.0 Å². The molecule has 17 heavy (non-hydrogen) atoms. The molecule has 0 fully saturated rings. The highest BCUT2D eigenvalue weighted by atomic mass is 19.1. The van der Waals surface area contributed by atoms with Crippen LogP contribution in [0.25, 0.3) is 0 Å². The number of benzene rings is 1. The maximum Gasteiger partial charge on any atom is 0.309 e. The lowest BCUT2D eigenvalue weighted by molar-refractivity contribution is -0.146. The lowest BCUT2D eigenvalue weighted by Crippen LogP contribution is -2.26. The fraction of sp³-hybridized carbons (Fsp3) is 0.417. The van der Waals surface area contributed by atoms with Gasteiger partial charge in [-0.1, -0.05) is 6.07 Å². The van der Waals surface area contributed by atoms with Crippen LogP contribution in [0.15, 0.2) is 12.1 Å². The maximum atomic E-state index is 13.1. The van der Waals surface area contributed by atoms with Crippen molar-refractivity contribution in [2.24, 2.45) is 5.41 Å². The lowest BCUT2D eigenvalue weighted by Gasteiger charge is -2.20. The molecule has 4 nitrogen and oxygen atoms in total. The number of carboxylic acids is 1. The van der Waals surface area contributed by atoms with Crippen molar-refractivity contribution >= 4 is 5.97 Å². The number of ether oxygens (including phenoxy) is 1. The van der Waals surface area contributed by atoms with Crippen molar-refractivity contribution in [3.8, 4) is 11.5 Å². The first-order valence-electron chi connectivity index (χ1n) is 5.07. The number of methoxy groups -OCH3 is 1. The van der Waals surface area contributed by atoms with Crippen molar-refractivity contribution in [1.82, 2.24) is 0 Å². The molecule has 94 valence electrons. The van der Waals surface area contributed by atoms with Gasteiger partial charge in [0.1, 0.15) is 0 Å². The van der Waals surface area contributed by atoms with E-state index in [0.29, 0.717) is 5.56 Å². The molecule has 0 atom stereocenters. The van der Waals surface area contributed by atoms with E-state index in [-0.39, 0.29) is 12.2 Å². The number of hydrogen-bond donors (Lipinski definition) is 2. The zero-order chi connectivity index (χ0) is 13.2. The Morgan fingerprint density at radius 2 is 2.06 bits per heavy atom. The van der Waals surface area contributed by atoms with Gasteiger partial charge in [-0.2, -0.15) is 0 Å². The number of carbonyl (C=O) groups is 1. The molecule has 0 saturated carbocycles. The van der Waals surface area contributed by atoms with E-state index in [2.05, 4.69) is 0 Å². The van der Waals surface area contributed by atoms with Crippen LogP contribution in [0.3, 0.4) is 0 Å². The number of hydrogen-bond acceptors (Lipinski definition) is 3. The third-order valence-electron chi connectivity index (χ3n) is 2.58. The highest BCUT2D eigenvalue weighted by Crippen LogP contribution is 2.36. The summed E-state index contributed by atoms with van der Waals surface area (Å²) in [6.45, 7) is 3.10.